The minimum absolute atomic E-state index is 0.0729. The van der Waals surface area contributed by atoms with Gasteiger partial charge in [-0.1, -0.05) is 13.0 Å². The van der Waals surface area contributed by atoms with Gasteiger partial charge in [0.05, 0.1) is 7.11 Å². The van der Waals surface area contributed by atoms with Crippen LogP contribution in [-0.2, 0) is 11.2 Å². The Balaban J connectivity index is 2.42. The van der Waals surface area contributed by atoms with Crippen molar-refractivity contribution in [2.75, 3.05) is 7.11 Å². The summed E-state index contributed by atoms with van der Waals surface area (Å²) in [6.45, 7) is 1.93. The third-order valence-corrected chi connectivity index (χ3v) is 3.33. The zero-order valence-corrected chi connectivity index (χ0v) is 11.7. The molecule has 1 atom stereocenters. The number of carbonyl (C=O) groups is 1. The number of ether oxygens (including phenoxy) is 1. The van der Waals surface area contributed by atoms with Crippen LogP contribution in [0.1, 0.15) is 18.9 Å². The number of hydrogen-bond donors (Lipinski definition) is 1. The SMILES string of the molecule is COc1ccc2cc(F)cc(CC(C)CC(N)=O)c2c1. The van der Waals surface area contributed by atoms with Crippen molar-refractivity contribution < 1.29 is 13.9 Å². The van der Waals surface area contributed by atoms with Crippen molar-refractivity contribution >= 4 is 16.7 Å². The molecule has 2 aromatic carbocycles. The number of benzene rings is 2. The summed E-state index contributed by atoms with van der Waals surface area (Å²) < 4.78 is 18.9. The van der Waals surface area contributed by atoms with Gasteiger partial charge in [-0.05, 0) is 52.9 Å². The lowest BCUT2D eigenvalue weighted by Crippen LogP contribution is -2.16. The normalized spacial score (nSPS) is 12.3. The number of primary amides is 1. The van der Waals surface area contributed by atoms with E-state index in [1.807, 2.05) is 19.1 Å². The molecule has 1 amide bonds. The van der Waals surface area contributed by atoms with E-state index in [0.29, 0.717) is 12.8 Å². The highest BCUT2D eigenvalue weighted by atomic mass is 19.1. The maximum Gasteiger partial charge on any atom is 0.217 e. The molecule has 0 radical (unpaired) electrons. The number of hydrogen-bond acceptors (Lipinski definition) is 2. The van der Waals surface area contributed by atoms with Crippen LogP contribution in [0, 0.1) is 11.7 Å². The first kappa shape index (κ1) is 14.3. The summed E-state index contributed by atoms with van der Waals surface area (Å²) in [4.78, 5) is 11.0. The molecule has 0 saturated carbocycles. The second-order valence-corrected chi connectivity index (χ2v) is 5.13. The standard InChI is InChI=1S/C16H18FNO2/c1-10(6-16(18)19)5-12-8-13(17)7-11-3-4-14(20-2)9-15(11)12/h3-4,7-10H,5-6H2,1-2H3,(H2,18,19). The van der Waals surface area contributed by atoms with Gasteiger partial charge in [0, 0.05) is 6.42 Å². The van der Waals surface area contributed by atoms with Gasteiger partial charge < -0.3 is 10.5 Å². The molecule has 1 unspecified atom stereocenters. The smallest absolute Gasteiger partial charge is 0.217 e. The molecule has 0 saturated heterocycles. The van der Waals surface area contributed by atoms with Crippen LogP contribution < -0.4 is 10.5 Å². The molecule has 0 aliphatic rings. The second kappa shape index (κ2) is 5.90. The number of methoxy groups -OCH3 is 1. The third kappa shape index (κ3) is 3.26. The maximum absolute atomic E-state index is 13.7. The second-order valence-electron chi connectivity index (χ2n) is 5.13. The molecule has 4 heteroatoms. The number of fused-ring (bicyclic) bond motifs is 1. The van der Waals surface area contributed by atoms with Crippen LogP contribution in [0.4, 0.5) is 4.39 Å². The van der Waals surface area contributed by atoms with Gasteiger partial charge in [0.1, 0.15) is 11.6 Å². The van der Waals surface area contributed by atoms with E-state index < -0.39 is 0 Å². The van der Waals surface area contributed by atoms with E-state index >= 15 is 0 Å². The highest BCUT2D eigenvalue weighted by molar-refractivity contribution is 5.87. The molecule has 2 N–H and O–H groups in total. The van der Waals surface area contributed by atoms with Crippen molar-refractivity contribution in [1.82, 2.24) is 0 Å². The summed E-state index contributed by atoms with van der Waals surface area (Å²) in [6, 6.07) is 8.54. The highest BCUT2D eigenvalue weighted by Gasteiger charge is 2.11. The molecule has 20 heavy (non-hydrogen) atoms. The minimum Gasteiger partial charge on any atom is -0.497 e. The van der Waals surface area contributed by atoms with E-state index in [2.05, 4.69) is 0 Å². The predicted octanol–water partition coefficient (Wildman–Crippen LogP) is 3.04. The lowest BCUT2D eigenvalue weighted by molar-refractivity contribution is -0.118. The van der Waals surface area contributed by atoms with Crippen LogP contribution in [0.2, 0.25) is 0 Å². The van der Waals surface area contributed by atoms with Crippen LogP contribution in [0.15, 0.2) is 30.3 Å². The van der Waals surface area contributed by atoms with E-state index in [9.17, 15) is 9.18 Å². The number of nitrogens with two attached hydrogens (primary N) is 1. The van der Waals surface area contributed by atoms with Crippen LogP contribution in [0.5, 0.6) is 5.75 Å². The van der Waals surface area contributed by atoms with Crippen molar-refractivity contribution in [3.05, 3.63) is 41.7 Å². The van der Waals surface area contributed by atoms with Crippen LogP contribution in [0.3, 0.4) is 0 Å². The van der Waals surface area contributed by atoms with Gasteiger partial charge in [-0.3, -0.25) is 4.79 Å². The van der Waals surface area contributed by atoms with Crippen molar-refractivity contribution in [3.63, 3.8) is 0 Å². The number of carbonyl (C=O) groups excluding carboxylic acids is 1. The average Bonchev–Trinajstić information content (AvgIpc) is 2.37. The van der Waals surface area contributed by atoms with E-state index in [-0.39, 0.29) is 17.6 Å². The Morgan fingerprint density at radius 2 is 2.10 bits per heavy atom. The summed E-state index contributed by atoms with van der Waals surface area (Å²) in [7, 11) is 1.60. The first-order valence-corrected chi connectivity index (χ1v) is 6.54. The third-order valence-electron chi connectivity index (χ3n) is 3.33. The van der Waals surface area contributed by atoms with Gasteiger partial charge in [0.25, 0.3) is 0 Å². The highest BCUT2D eigenvalue weighted by Crippen LogP contribution is 2.27. The summed E-state index contributed by atoms with van der Waals surface area (Å²) >= 11 is 0. The average molecular weight is 275 g/mol. The Bertz CT molecular complexity index is 640. The first-order valence-electron chi connectivity index (χ1n) is 6.54. The Labute approximate surface area is 117 Å². The summed E-state index contributed by atoms with van der Waals surface area (Å²) in [5.41, 5.74) is 6.07. The lowest BCUT2D eigenvalue weighted by atomic mass is 9.93. The fraction of sp³-hybridized carbons (Fsp3) is 0.312. The molecule has 0 aliphatic carbocycles. The van der Waals surface area contributed by atoms with Crippen LogP contribution >= 0.6 is 0 Å². The monoisotopic (exact) mass is 275 g/mol. The number of amides is 1. The Morgan fingerprint density at radius 3 is 2.75 bits per heavy atom. The van der Waals surface area contributed by atoms with Crippen molar-refractivity contribution in [2.45, 2.75) is 19.8 Å². The molecular formula is C16H18FNO2. The maximum atomic E-state index is 13.7. The largest absolute Gasteiger partial charge is 0.497 e. The molecule has 0 heterocycles. The van der Waals surface area contributed by atoms with E-state index in [0.717, 1.165) is 22.1 Å². The molecule has 0 aliphatic heterocycles. The summed E-state index contributed by atoms with van der Waals surface area (Å²) in [5.74, 6) is 0.191. The minimum atomic E-state index is -0.337. The van der Waals surface area contributed by atoms with Gasteiger partial charge in [0.15, 0.2) is 0 Å². The Hall–Kier alpha value is -2.10. The molecular weight excluding hydrogens is 257 g/mol. The summed E-state index contributed by atoms with van der Waals surface area (Å²) in [5, 5.41) is 1.77. The van der Waals surface area contributed by atoms with E-state index in [4.69, 9.17) is 10.5 Å². The fourth-order valence-corrected chi connectivity index (χ4v) is 2.46. The molecule has 0 bridgehead atoms. The molecule has 106 valence electrons. The van der Waals surface area contributed by atoms with Crippen molar-refractivity contribution in [3.8, 4) is 5.75 Å². The van der Waals surface area contributed by atoms with Gasteiger partial charge in [0.2, 0.25) is 5.91 Å². The quantitative estimate of drug-likeness (QED) is 0.911. The van der Waals surface area contributed by atoms with Gasteiger partial charge in [-0.25, -0.2) is 4.39 Å². The van der Waals surface area contributed by atoms with Gasteiger partial charge in [-0.2, -0.15) is 0 Å². The van der Waals surface area contributed by atoms with E-state index in [1.54, 1.807) is 13.2 Å². The van der Waals surface area contributed by atoms with Crippen LogP contribution in [0.25, 0.3) is 10.8 Å². The zero-order valence-electron chi connectivity index (χ0n) is 11.7. The molecule has 0 aromatic heterocycles. The molecule has 0 fully saturated rings. The Morgan fingerprint density at radius 1 is 1.35 bits per heavy atom. The Kier molecular flexibility index (Phi) is 4.23. The lowest BCUT2D eigenvalue weighted by Gasteiger charge is -2.13. The predicted molar refractivity (Wildman–Crippen MR) is 77.1 cm³/mol. The van der Waals surface area contributed by atoms with Crippen LogP contribution in [-0.4, -0.2) is 13.0 Å². The molecule has 2 rings (SSSR count). The fourth-order valence-electron chi connectivity index (χ4n) is 2.46. The van der Waals surface area contributed by atoms with E-state index in [1.165, 1.54) is 12.1 Å². The van der Waals surface area contributed by atoms with Gasteiger partial charge in [-0.15, -0.1) is 0 Å². The topological polar surface area (TPSA) is 52.3 Å². The summed E-state index contributed by atoms with van der Waals surface area (Å²) in [6.07, 6.45) is 0.895. The van der Waals surface area contributed by atoms with Crippen molar-refractivity contribution in [2.24, 2.45) is 11.7 Å². The molecule has 0 spiro atoms. The molecule has 3 nitrogen and oxygen atoms in total. The zero-order chi connectivity index (χ0) is 14.7. The number of halogens is 1. The molecule has 2 aromatic rings. The first-order chi connectivity index (χ1) is 9.49. The number of rotatable bonds is 5. The van der Waals surface area contributed by atoms with Crippen molar-refractivity contribution in [1.29, 1.82) is 0 Å². The van der Waals surface area contributed by atoms with Gasteiger partial charge >= 0.3 is 0 Å².